The molecule has 0 saturated heterocycles. The Bertz CT molecular complexity index is 545. The quantitative estimate of drug-likeness (QED) is 0.855. The van der Waals surface area contributed by atoms with E-state index in [-0.39, 0.29) is 12.4 Å². The van der Waals surface area contributed by atoms with Crippen molar-refractivity contribution >= 4 is 23.0 Å². The van der Waals surface area contributed by atoms with Crippen molar-refractivity contribution in [3.8, 4) is 0 Å². The summed E-state index contributed by atoms with van der Waals surface area (Å²) < 4.78 is 18.1. The molecule has 4 nitrogen and oxygen atoms in total. The van der Waals surface area contributed by atoms with E-state index in [1.165, 1.54) is 23.5 Å². The van der Waals surface area contributed by atoms with Gasteiger partial charge in [-0.05, 0) is 25.1 Å². The Morgan fingerprint density at radius 3 is 3.05 bits per heavy atom. The van der Waals surface area contributed by atoms with Crippen molar-refractivity contribution in [3.05, 3.63) is 46.7 Å². The molecule has 6 heteroatoms. The number of nitrogens with one attached hydrogen (secondary N) is 1. The van der Waals surface area contributed by atoms with Gasteiger partial charge in [-0.3, -0.25) is 0 Å². The Kier molecular flexibility index (Phi) is 4.46. The van der Waals surface area contributed by atoms with Crippen LogP contribution in [0.2, 0.25) is 0 Å². The lowest BCUT2D eigenvalue weighted by Crippen LogP contribution is -2.23. The molecule has 1 N–H and O–H groups in total. The van der Waals surface area contributed by atoms with Crippen LogP contribution in [0.1, 0.15) is 18.0 Å². The van der Waals surface area contributed by atoms with Gasteiger partial charge >= 0.3 is 5.97 Å². The number of halogens is 1. The number of hydrogen-bond donors (Lipinski definition) is 1. The summed E-state index contributed by atoms with van der Waals surface area (Å²) in [6, 6.07) is 5.19. The van der Waals surface area contributed by atoms with Gasteiger partial charge < -0.3 is 10.1 Å². The Labute approximate surface area is 114 Å². The lowest BCUT2D eigenvalue weighted by atomic mass is 10.2. The van der Waals surface area contributed by atoms with Crippen LogP contribution in [0.25, 0.3) is 0 Å². The Morgan fingerprint density at radius 1 is 1.58 bits per heavy atom. The summed E-state index contributed by atoms with van der Waals surface area (Å²) in [6.45, 7) is 2.02. The van der Waals surface area contributed by atoms with Gasteiger partial charge in [0, 0.05) is 17.3 Å². The number of nitrogens with zero attached hydrogens (tertiary/aromatic N) is 1. The molecule has 0 aliphatic rings. The highest BCUT2D eigenvalue weighted by molar-refractivity contribution is 7.09. The highest BCUT2D eigenvalue weighted by Gasteiger charge is 2.24. The number of benzene rings is 1. The number of ether oxygens (including phenoxy) is 1. The number of rotatable bonds is 5. The van der Waals surface area contributed by atoms with Gasteiger partial charge in [-0.15, -0.1) is 11.3 Å². The predicted molar refractivity (Wildman–Crippen MR) is 71.5 cm³/mol. The molecular formula is C13H13FN2O2S. The number of carbonyl (C=O) groups is 1. The first-order valence-corrected chi connectivity index (χ1v) is 6.67. The molecule has 0 fully saturated rings. The fourth-order valence-corrected chi connectivity index (χ4v) is 2.24. The Hall–Kier alpha value is -1.95. The van der Waals surface area contributed by atoms with Gasteiger partial charge in [0.1, 0.15) is 10.8 Å². The maximum Gasteiger partial charge on any atom is 0.335 e. The molecule has 1 unspecified atom stereocenters. The average Bonchev–Trinajstić information content (AvgIpc) is 2.90. The van der Waals surface area contributed by atoms with E-state index in [2.05, 4.69) is 10.3 Å². The summed E-state index contributed by atoms with van der Waals surface area (Å²) in [7, 11) is 0. The van der Waals surface area contributed by atoms with E-state index in [9.17, 15) is 9.18 Å². The third-order valence-corrected chi connectivity index (χ3v) is 3.20. The Balaban J connectivity index is 2.21. The molecule has 19 heavy (non-hydrogen) atoms. The van der Waals surface area contributed by atoms with Gasteiger partial charge in [-0.1, -0.05) is 6.07 Å². The standard InChI is InChI=1S/C13H13FN2O2S/c1-2-18-13(17)11(12-15-6-7-19-12)16-10-5-3-4-9(14)8-10/h3-8,11,16H,2H2,1H3. The number of hydrogen-bond acceptors (Lipinski definition) is 5. The van der Waals surface area contributed by atoms with Crippen molar-refractivity contribution in [1.82, 2.24) is 4.98 Å². The molecule has 2 aromatic rings. The van der Waals surface area contributed by atoms with Crippen LogP contribution in [0.4, 0.5) is 10.1 Å². The molecule has 1 heterocycles. The topological polar surface area (TPSA) is 51.2 Å². The lowest BCUT2D eigenvalue weighted by molar-refractivity contribution is -0.144. The molecule has 100 valence electrons. The number of carbonyl (C=O) groups excluding carboxylic acids is 1. The van der Waals surface area contributed by atoms with E-state index in [4.69, 9.17) is 4.74 Å². The first kappa shape index (κ1) is 13.5. The van der Waals surface area contributed by atoms with Gasteiger partial charge in [0.2, 0.25) is 0 Å². The normalized spacial score (nSPS) is 11.9. The highest BCUT2D eigenvalue weighted by atomic mass is 32.1. The van der Waals surface area contributed by atoms with Gasteiger partial charge in [-0.25, -0.2) is 14.2 Å². The summed E-state index contributed by atoms with van der Waals surface area (Å²) in [5.74, 6) is -0.798. The summed E-state index contributed by atoms with van der Waals surface area (Å²) in [6.07, 6.45) is 1.61. The van der Waals surface area contributed by atoms with E-state index in [1.807, 2.05) is 0 Å². The van der Waals surface area contributed by atoms with E-state index in [0.29, 0.717) is 10.7 Å². The van der Waals surface area contributed by atoms with Crippen molar-refractivity contribution in [2.75, 3.05) is 11.9 Å². The summed E-state index contributed by atoms with van der Waals surface area (Å²) >= 11 is 1.34. The maximum absolute atomic E-state index is 13.1. The minimum absolute atomic E-state index is 0.283. The molecule has 0 radical (unpaired) electrons. The minimum Gasteiger partial charge on any atom is -0.464 e. The zero-order chi connectivity index (χ0) is 13.7. The van der Waals surface area contributed by atoms with Crippen molar-refractivity contribution in [1.29, 1.82) is 0 Å². The van der Waals surface area contributed by atoms with Crippen LogP contribution in [0.5, 0.6) is 0 Å². The number of aromatic nitrogens is 1. The molecule has 0 bridgehead atoms. The van der Waals surface area contributed by atoms with Crippen LogP contribution in [0, 0.1) is 5.82 Å². The number of thiazole rings is 1. The summed E-state index contributed by atoms with van der Waals surface area (Å²) in [4.78, 5) is 16.0. The fourth-order valence-electron chi connectivity index (χ4n) is 1.57. The van der Waals surface area contributed by atoms with Gasteiger partial charge in [0.05, 0.1) is 6.61 Å². The molecule has 0 aliphatic carbocycles. The van der Waals surface area contributed by atoms with E-state index in [1.54, 1.807) is 30.6 Å². The van der Waals surface area contributed by atoms with Crippen LogP contribution in [-0.4, -0.2) is 17.6 Å². The van der Waals surface area contributed by atoms with Crippen LogP contribution in [-0.2, 0) is 9.53 Å². The van der Waals surface area contributed by atoms with Crippen LogP contribution < -0.4 is 5.32 Å². The maximum atomic E-state index is 13.1. The van der Waals surface area contributed by atoms with Gasteiger partial charge in [-0.2, -0.15) is 0 Å². The summed E-state index contributed by atoms with van der Waals surface area (Å²) in [5, 5.41) is 5.30. The third-order valence-electron chi connectivity index (χ3n) is 2.36. The van der Waals surface area contributed by atoms with Crippen molar-refractivity contribution in [3.63, 3.8) is 0 Å². The molecule has 2 rings (SSSR count). The monoisotopic (exact) mass is 280 g/mol. The van der Waals surface area contributed by atoms with E-state index >= 15 is 0 Å². The van der Waals surface area contributed by atoms with Crippen LogP contribution in [0.3, 0.4) is 0 Å². The zero-order valence-corrected chi connectivity index (χ0v) is 11.1. The molecule has 0 spiro atoms. The first-order valence-electron chi connectivity index (χ1n) is 5.79. The average molecular weight is 280 g/mol. The van der Waals surface area contributed by atoms with E-state index < -0.39 is 12.0 Å². The van der Waals surface area contributed by atoms with Crippen LogP contribution in [0.15, 0.2) is 35.8 Å². The van der Waals surface area contributed by atoms with Crippen molar-refractivity contribution < 1.29 is 13.9 Å². The second kappa shape index (κ2) is 6.29. The number of esters is 1. The van der Waals surface area contributed by atoms with Gasteiger partial charge in [0.15, 0.2) is 6.04 Å². The second-order valence-corrected chi connectivity index (χ2v) is 4.64. The van der Waals surface area contributed by atoms with Gasteiger partial charge in [0.25, 0.3) is 0 Å². The summed E-state index contributed by atoms with van der Waals surface area (Å²) in [5.41, 5.74) is 0.508. The SMILES string of the molecule is CCOC(=O)C(Nc1cccc(F)c1)c1nccs1. The molecular weight excluding hydrogens is 267 g/mol. The molecule has 0 aliphatic heterocycles. The lowest BCUT2D eigenvalue weighted by Gasteiger charge is -2.16. The fraction of sp³-hybridized carbons (Fsp3) is 0.231. The van der Waals surface area contributed by atoms with Crippen molar-refractivity contribution in [2.45, 2.75) is 13.0 Å². The molecule has 0 amide bonds. The molecule has 1 aromatic carbocycles. The molecule has 1 atom stereocenters. The largest absolute Gasteiger partial charge is 0.464 e. The third kappa shape index (κ3) is 3.51. The molecule has 0 saturated carbocycles. The minimum atomic E-state index is -0.721. The zero-order valence-electron chi connectivity index (χ0n) is 10.3. The smallest absolute Gasteiger partial charge is 0.335 e. The number of anilines is 1. The van der Waals surface area contributed by atoms with E-state index in [0.717, 1.165) is 0 Å². The highest BCUT2D eigenvalue weighted by Crippen LogP contribution is 2.23. The molecule has 1 aromatic heterocycles. The second-order valence-electron chi connectivity index (χ2n) is 3.71. The Morgan fingerprint density at radius 2 is 2.42 bits per heavy atom. The van der Waals surface area contributed by atoms with Crippen LogP contribution >= 0.6 is 11.3 Å². The first-order chi connectivity index (χ1) is 9.20. The predicted octanol–water partition coefficient (Wildman–Crippen LogP) is 3.00. The van der Waals surface area contributed by atoms with Crippen molar-refractivity contribution in [2.24, 2.45) is 0 Å².